The molecule has 2 aromatic rings. The summed E-state index contributed by atoms with van der Waals surface area (Å²) >= 11 is 0. The molecule has 0 heterocycles. The highest BCUT2D eigenvalue weighted by Gasteiger charge is 2.07. The van der Waals surface area contributed by atoms with Gasteiger partial charge < -0.3 is 16.2 Å². The lowest BCUT2D eigenvalue weighted by Gasteiger charge is -2.11. The van der Waals surface area contributed by atoms with Crippen LogP contribution in [-0.4, -0.2) is 5.91 Å². The molecule has 0 radical (unpaired) electrons. The summed E-state index contributed by atoms with van der Waals surface area (Å²) in [5.41, 5.74) is 13.2. The Bertz CT molecular complexity index is 568. The molecule has 0 aliphatic rings. The van der Waals surface area contributed by atoms with Crippen LogP contribution in [0.15, 0.2) is 48.5 Å². The molecule has 0 spiro atoms. The lowest BCUT2D eigenvalue weighted by atomic mass is 10.1. The molecule has 4 nitrogen and oxygen atoms in total. The van der Waals surface area contributed by atoms with Crippen molar-refractivity contribution in [3.05, 3.63) is 65.2 Å². The van der Waals surface area contributed by atoms with E-state index in [0.717, 1.165) is 11.1 Å². The number of primary amides is 1. The Morgan fingerprint density at radius 1 is 1.11 bits per heavy atom. The summed E-state index contributed by atoms with van der Waals surface area (Å²) in [6.07, 6.45) is 0. The lowest BCUT2D eigenvalue weighted by molar-refractivity contribution is 0.1000. The predicted molar refractivity (Wildman–Crippen MR) is 73.6 cm³/mol. The zero-order chi connectivity index (χ0) is 13.7. The van der Waals surface area contributed by atoms with Crippen molar-refractivity contribution in [3.8, 4) is 5.75 Å². The first-order valence-electron chi connectivity index (χ1n) is 6.00. The van der Waals surface area contributed by atoms with Crippen LogP contribution in [0.3, 0.4) is 0 Å². The molecule has 4 heteroatoms. The number of benzene rings is 2. The molecule has 2 rings (SSSR count). The molecule has 0 atom stereocenters. The molecule has 0 saturated heterocycles. The molecule has 0 aromatic heterocycles. The summed E-state index contributed by atoms with van der Waals surface area (Å²) in [6, 6.07) is 14.9. The van der Waals surface area contributed by atoms with Gasteiger partial charge in [-0.25, -0.2) is 0 Å². The van der Waals surface area contributed by atoms with Crippen molar-refractivity contribution in [2.45, 2.75) is 13.2 Å². The van der Waals surface area contributed by atoms with E-state index in [1.54, 1.807) is 18.2 Å². The Hall–Kier alpha value is -2.33. The van der Waals surface area contributed by atoms with Gasteiger partial charge in [0.15, 0.2) is 0 Å². The average Bonchev–Trinajstić information content (AvgIpc) is 2.45. The van der Waals surface area contributed by atoms with Crippen molar-refractivity contribution in [2.24, 2.45) is 11.5 Å². The molecule has 0 bridgehead atoms. The fourth-order valence-electron chi connectivity index (χ4n) is 1.77. The van der Waals surface area contributed by atoms with E-state index in [0.29, 0.717) is 24.5 Å². The van der Waals surface area contributed by atoms with Crippen LogP contribution < -0.4 is 16.2 Å². The Labute approximate surface area is 112 Å². The van der Waals surface area contributed by atoms with Gasteiger partial charge in [0.1, 0.15) is 12.4 Å². The van der Waals surface area contributed by atoms with Crippen LogP contribution in [0.25, 0.3) is 0 Å². The van der Waals surface area contributed by atoms with Crippen molar-refractivity contribution in [1.29, 1.82) is 0 Å². The van der Waals surface area contributed by atoms with E-state index >= 15 is 0 Å². The maximum Gasteiger partial charge on any atom is 0.248 e. The summed E-state index contributed by atoms with van der Waals surface area (Å²) in [6.45, 7) is 0.759. The smallest absolute Gasteiger partial charge is 0.248 e. The number of ether oxygens (including phenoxy) is 1. The topological polar surface area (TPSA) is 78.3 Å². The molecular formula is C15H16N2O2. The van der Waals surface area contributed by atoms with Crippen LogP contribution in [0.1, 0.15) is 21.5 Å². The number of rotatable bonds is 5. The van der Waals surface area contributed by atoms with E-state index in [-0.39, 0.29) is 0 Å². The molecule has 0 unspecified atom stereocenters. The van der Waals surface area contributed by atoms with Gasteiger partial charge in [-0.05, 0) is 23.8 Å². The maximum atomic E-state index is 11.1. The van der Waals surface area contributed by atoms with Gasteiger partial charge in [-0.3, -0.25) is 4.79 Å². The van der Waals surface area contributed by atoms with Crippen LogP contribution in [0.2, 0.25) is 0 Å². The fraction of sp³-hybridized carbons (Fsp3) is 0.133. The third-order valence-electron chi connectivity index (χ3n) is 2.80. The summed E-state index contributed by atoms with van der Waals surface area (Å²) < 4.78 is 5.72. The van der Waals surface area contributed by atoms with E-state index in [1.807, 2.05) is 30.3 Å². The number of carbonyl (C=O) groups excluding carboxylic acids is 1. The minimum atomic E-state index is -0.468. The van der Waals surface area contributed by atoms with Gasteiger partial charge in [0.05, 0.1) is 0 Å². The van der Waals surface area contributed by atoms with Gasteiger partial charge >= 0.3 is 0 Å². The molecule has 0 saturated carbocycles. The molecule has 0 fully saturated rings. The highest BCUT2D eigenvalue weighted by Crippen LogP contribution is 2.21. The third kappa shape index (κ3) is 3.33. The van der Waals surface area contributed by atoms with Crippen LogP contribution in [-0.2, 0) is 13.2 Å². The van der Waals surface area contributed by atoms with Crippen molar-refractivity contribution < 1.29 is 9.53 Å². The fourth-order valence-corrected chi connectivity index (χ4v) is 1.77. The minimum Gasteiger partial charge on any atom is -0.489 e. The lowest BCUT2D eigenvalue weighted by Crippen LogP contribution is -2.12. The molecule has 1 amide bonds. The number of hydrogen-bond donors (Lipinski definition) is 2. The van der Waals surface area contributed by atoms with Crippen molar-refractivity contribution in [2.75, 3.05) is 0 Å². The number of amides is 1. The summed E-state index contributed by atoms with van der Waals surface area (Å²) in [5, 5.41) is 0. The third-order valence-corrected chi connectivity index (χ3v) is 2.80. The highest BCUT2D eigenvalue weighted by molar-refractivity contribution is 5.93. The number of carbonyl (C=O) groups is 1. The summed E-state index contributed by atoms with van der Waals surface area (Å²) in [4.78, 5) is 11.1. The van der Waals surface area contributed by atoms with Crippen molar-refractivity contribution in [3.63, 3.8) is 0 Å². The zero-order valence-corrected chi connectivity index (χ0v) is 10.5. The zero-order valence-electron chi connectivity index (χ0n) is 10.5. The number of hydrogen-bond acceptors (Lipinski definition) is 3. The SMILES string of the molecule is NCc1cc(C(N)=O)ccc1OCc1ccccc1. The Morgan fingerprint density at radius 3 is 2.47 bits per heavy atom. The van der Waals surface area contributed by atoms with Crippen LogP contribution >= 0.6 is 0 Å². The molecular weight excluding hydrogens is 240 g/mol. The Morgan fingerprint density at radius 2 is 1.84 bits per heavy atom. The van der Waals surface area contributed by atoms with Gasteiger partial charge in [-0.1, -0.05) is 30.3 Å². The Kier molecular flexibility index (Phi) is 4.15. The normalized spacial score (nSPS) is 10.2. The van der Waals surface area contributed by atoms with Crippen molar-refractivity contribution in [1.82, 2.24) is 0 Å². The van der Waals surface area contributed by atoms with Gasteiger partial charge in [0.2, 0.25) is 5.91 Å². The van der Waals surface area contributed by atoms with Crippen LogP contribution in [0.5, 0.6) is 5.75 Å². The molecule has 2 aromatic carbocycles. The van der Waals surface area contributed by atoms with Gasteiger partial charge in [0.25, 0.3) is 0 Å². The monoisotopic (exact) mass is 256 g/mol. The van der Waals surface area contributed by atoms with E-state index in [9.17, 15) is 4.79 Å². The van der Waals surface area contributed by atoms with E-state index < -0.39 is 5.91 Å². The standard InChI is InChI=1S/C15H16N2O2/c16-9-13-8-12(15(17)18)6-7-14(13)19-10-11-4-2-1-3-5-11/h1-8H,9-10,16H2,(H2,17,18). The first-order chi connectivity index (χ1) is 9.20. The molecule has 98 valence electrons. The van der Waals surface area contributed by atoms with Crippen molar-refractivity contribution >= 4 is 5.91 Å². The van der Waals surface area contributed by atoms with Crippen LogP contribution in [0, 0.1) is 0 Å². The molecule has 0 aliphatic carbocycles. The second-order valence-corrected chi connectivity index (χ2v) is 4.17. The van der Waals surface area contributed by atoms with Gasteiger partial charge in [0, 0.05) is 17.7 Å². The molecule has 4 N–H and O–H groups in total. The summed E-state index contributed by atoms with van der Waals surface area (Å²) in [7, 11) is 0. The second-order valence-electron chi connectivity index (χ2n) is 4.17. The van der Waals surface area contributed by atoms with Gasteiger partial charge in [-0.15, -0.1) is 0 Å². The number of nitrogens with two attached hydrogens (primary N) is 2. The van der Waals surface area contributed by atoms with E-state index in [1.165, 1.54) is 0 Å². The predicted octanol–water partition coefficient (Wildman–Crippen LogP) is 1.82. The largest absolute Gasteiger partial charge is 0.489 e. The average molecular weight is 256 g/mol. The van der Waals surface area contributed by atoms with E-state index in [4.69, 9.17) is 16.2 Å². The minimum absolute atomic E-state index is 0.297. The van der Waals surface area contributed by atoms with Crippen LogP contribution in [0.4, 0.5) is 0 Å². The molecule has 19 heavy (non-hydrogen) atoms. The van der Waals surface area contributed by atoms with Gasteiger partial charge in [-0.2, -0.15) is 0 Å². The second kappa shape index (κ2) is 6.02. The Balaban J connectivity index is 2.14. The van der Waals surface area contributed by atoms with E-state index in [2.05, 4.69) is 0 Å². The molecule has 0 aliphatic heterocycles. The summed E-state index contributed by atoms with van der Waals surface area (Å²) in [5.74, 6) is 0.209. The maximum absolute atomic E-state index is 11.1. The first-order valence-corrected chi connectivity index (χ1v) is 6.00. The highest BCUT2D eigenvalue weighted by atomic mass is 16.5. The first kappa shape index (κ1) is 13.1. The quantitative estimate of drug-likeness (QED) is 0.856.